The van der Waals surface area contributed by atoms with Gasteiger partial charge in [-0.1, -0.05) is 18.2 Å². The number of nitrogens with two attached hydrogens (primary N) is 1. The van der Waals surface area contributed by atoms with Gasteiger partial charge in [-0.05, 0) is 48.7 Å². The maximum atomic E-state index is 5.81. The molecule has 0 saturated heterocycles. The van der Waals surface area contributed by atoms with E-state index in [-0.39, 0.29) is 6.04 Å². The molecule has 1 atom stereocenters. The normalized spacial score (nSPS) is 12.5. The molecular formula is C17H18N4. The summed E-state index contributed by atoms with van der Waals surface area (Å²) >= 11 is 0. The van der Waals surface area contributed by atoms with Gasteiger partial charge in [0.1, 0.15) is 0 Å². The molecule has 2 heterocycles. The number of fused-ring (bicyclic) bond motifs is 1. The minimum Gasteiger partial charge on any atom is -0.271 e. The topological polar surface area (TPSA) is 63.8 Å². The van der Waals surface area contributed by atoms with Gasteiger partial charge < -0.3 is 0 Å². The van der Waals surface area contributed by atoms with Gasteiger partial charge in [0.05, 0.1) is 11.6 Å². The molecule has 0 amide bonds. The second-order valence-electron chi connectivity index (χ2n) is 5.15. The maximum Gasteiger partial charge on any atom is 0.0708 e. The monoisotopic (exact) mass is 278 g/mol. The molecule has 0 bridgehead atoms. The summed E-state index contributed by atoms with van der Waals surface area (Å²) in [7, 11) is 0. The molecular weight excluding hydrogens is 260 g/mol. The average Bonchev–Trinajstić information content (AvgIpc) is 2.53. The Kier molecular flexibility index (Phi) is 3.90. The minimum atomic E-state index is 0.0407. The van der Waals surface area contributed by atoms with E-state index in [0.29, 0.717) is 0 Å². The Bertz CT molecular complexity index is 740. The summed E-state index contributed by atoms with van der Waals surface area (Å²) in [5, 5.41) is 1.14. The molecule has 4 nitrogen and oxygen atoms in total. The van der Waals surface area contributed by atoms with Crippen molar-refractivity contribution in [1.29, 1.82) is 0 Å². The van der Waals surface area contributed by atoms with Crippen LogP contribution in [0.15, 0.2) is 54.9 Å². The molecule has 0 aliphatic carbocycles. The smallest absolute Gasteiger partial charge is 0.0708 e. The van der Waals surface area contributed by atoms with Crippen molar-refractivity contribution in [3.05, 3.63) is 71.7 Å². The second-order valence-corrected chi connectivity index (χ2v) is 5.15. The minimum absolute atomic E-state index is 0.0407. The largest absolute Gasteiger partial charge is 0.271 e. The van der Waals surface area contributed by atoms with Crippen LogP contribution in [0.1, 0.15) is 22.9 Å². The first-order valence-corrected chi connectivity index (χ1v) is 6.99. The van der Waals surface area contributed by atoms with Gasteiger partial charge in [0.15, 0.2) is 0 Å². The number of nitrogens with one attached hydrogen (secondary N) is 1. The lowest BCUT2D eigenvalue weighted by molar-refractivity contribution is 0.554. The van der Waals surface area contributed by atoms with Crippen molar-refractivity contribution < 1.29 is 0 Å². The van der Waals surface area contributed by atoms with Crippen LogP contribution >= 0.6 is 0 Å². The van der Waals surface area contributed by atoms with Crippen molar-refractivity contribution in [1.82, 2.24) is 15.4 Å². The molecule has 3 N–H and O–H groups in total. The fourth-order valence-electron chi connectivity index (χ4n) is 2.64. The van der Waals surface area contributed by atoms with Gasteiger partial charge in [-0.15, -0.1) is 0 Å². The first kappa shape index (κ1) is 13.7. The first-order valence-electron chi connectivity index (χ1n) is 6.99. The van der Waals surface area contributed by atoms with Crippen LogP contribution < -0.4 is 11.3 Å². The number of nitrogens with zero attached hydrogens (tertiary/aromatic N) is 2. The van der Waals surface area contributed by atoms with Crippen molar-refractivity contribution in [2.45, 2.75) is 19.4 Å². The number of rotatable bonds is 4. The third kappa shape index (κ3) is 2.91. The zero-order chi connectivity index (χ0) is 14.7. The van der Waals surface area contributed by atoms with E-state index >= 15 is 0 Å². The van der Waals surface area contributed by atoms with Gasteiger partial charge >= 0.3 is 0 Å². The van der Waals surface area contributed by atoms with Crippen LogP contribution in [0.2, 0.25) is 0 Å². The number of benzene rings is 1. The van der Waals surface area contributed by atoms with Gasteiger partial charge in [-0.3, -0.25) is 21.2 Å². The summed E-state index contributed by atoms with van der Waals surface area (Å²) < 4.78 is 0. The highest BCUT2D eigenvalue weighted by atomic mass is 15.2. The zero-order valence-electron chi connectivity index (χ0n) is 12.0. The van der Waals surface area contributed by atoms with Gasteiger partial charge in [-0.25, -0.2) is 0 Å². The summed E-state index contributed by atoms with van der Waals surface area (Å²) in [4.78, 5) is 8.64. The SMILES string of the molecule is Cc1cc(C(Cc2ccncc2)NN)c2ccccc2n1. The van der Waals surface area contributed by atoms with E-state index in [2.05, 4.69) is 27.5 Å². The maximum absolute atomic E-state index is 5.81. The molecule has 0 aliphatic heterocycles. The predicted molar refractivity (Wildman–Crippen MR) is 84.5 cm³/mol. The van der Waals surface area contributed by atoms with E-state index in [0.717, 1.165) is 23.0 Å². The molecule has 0 fully saturated rings. The molecule has 106 valence electrons. The number of aryl methyl sites for hydroxylation is 1. The average molecular weight is 278 g/mol. The summed E-state index contributed by atoms with van der Waals surface area (Å²) in [6.45, 7) is 2.01. The summed E-state index contributed by atoms with van der Waals surface area (Å²) in [6, 6.07) is 14.3. The number of pyridine rings is 2. The second kappa shape index (κ2) is 5.99. The van der Waals surface area contributed by atoms with Crippen LogP contribution in [0.5, 0.6) is 0 Å². The van der Waals surface area contributed by atoms with Crippen molar-refractivity contribution in [2.24, 2.45) is 5.84 Å². The number of hydrogen-bond donors (Lipinski definition) is 2. The number of aromatic nitrogens is 2. The molecule has 21 heavy (non-hydrogen) atoms. The molecule has 4 heteroatoms. The standard InChI is InChI=1S/C17H18N4/c1-12-10-15(14-4-2-3-5-16(14)20-12)17(21-18)11-13-6-8-19-9-7-13/h2-10,17,21H,11,18H2,1H3. The van der Waals surface area contributed by atoms with Crippen LogP contribution in [0, 0.1) is 6.92 Å². The Morgan fingerprint density at radius 1 is 1.14 bits per heavy atom. The summed E-state index contributed by atoms with van der Waals surface area (Å²) in [5.41, 5.74) is 7.32. The Hall–Kier alpha value is -2.30. The molecule has 0 radical (unpaired) electrons. The lowest BCUT2D eigenvalue weighted by Crippen LogP contribution is -2.30. The van der Waals surface area contributed by atoms with Gasteiger partial charge in [0, 0.05) is 23.5 Å². The van der Waals surface area contributed by atoms with Gasteiger partial charge in [0.2, 0.25) is 0 Å². The highest BCUT2D eigenvalue weighted by Gasteiger charge is 2.15. The quantitative estimate of drug-likeness (QED) is 0.569. The molecule has 1 aromatic carbocycles. The molecule has 0 aliphatic rings. The molecule has 2 aromatic heterocycles. The van der Waals surface area contributed by atoms with Crippen molar-refractivity contribution in [3.8, 4) is 0 Å². The lowest BCUT2D eigenvalue weighted by atomic mass is 9.96. The fraction of sp³-hybridized carbons (Fsp3) is 0.176. The van der Waals surface area contributed by atoms with Crippen LogP contribution in [0.3, 0.4) is 0 Å². The van der Waals surface area contributed by atoms with Crippen molar-refractivity contribution in [3.63, 3.8) is 0 Å². The predicted octanol–water partition coefficient (Wildman–Crippen LogP) is 2.69. The third-order valence-electron chi connectivity index (χ3n) is 3.64. The van der Waals surface area contributed by atoms with Gasteiger partial charge in [-0.2, -0.15) is 0 Å². The van der Waals surface area contributed by atoms with E-state index in [1.54, 1.807) is 12.4 Å². The Labute approximate surface area is 124 Å². The summed E-state index contributed by atoms with van der Waals surface area (Å²) in [5.74, 6) is 5.81. The molecule has 0 spiro atoms. The van der Waals surface area contributed by atoms with Crippen LogP contribution in [0.25, 0.3) is 10.9 Å². The Morgan fingerprint density at radius 3 is 2.67 bits per heavy atom. The highest BCUT2D eigenvalue weighted by molar-refractivity contribution is 5.82. The van der Waals surface area contributed by atoms with Crippen LogP contribution in [-0.2, 0) is 6.42 Å². The molecule has 0 saturated carbocycles. The van der Waals surface area contributed by atoms with E-state index in [1.165, 1.54) is 11.1 Å². The van der Waals surface area contributed by atoms with Crippen LogP contribution in [-0.4, -0.2) is 9.97 Å². The Balaban J connectivity index is 2.04. The van der Waals surface area contributed by atoms with Crippen molar-refractivity contribution in [2.75, 3.05) is 0 Å². The summed E-state index contributed by atoms with van der Waals surface area (Å²) in [6.07, 6.45) is 4.42. The van der Waals surface area contributed by atoms with E-state index in [4.69, 9.17) is 5.84 Å². The molecule has 1 unspecified atom stereocenters. The highest BCUT2D eigenvalue weighted by Crippen LogP contribution is 2.26. The Morgan fingerprint density at radius 2 is 1.90 bits per heavy atom. The van der Waals surface area contributed by atoms with E-state index in [9.17, 15) is 0 Å². The molecule has 3 aromatic rings. The zero-order valence-corrected chi connectivity index (χ0v) is 12.0. The number of hydrazine groups is 1. The fourth-order valence-corrected chi connectivity index (χ4v) is 2.64. The molecule has 3 rings (SSSR count). The lowest BCUT2D eigenvalue weighted by Gasteiger charge is -2.19. The van der Waals surface area contributed by atoms with E-state index < -0.39 is 0 Å². The third-order valence-corrected chi connectivity index (χ3v) is 3.64. The number of hydrogen-bond acceptors (Lipinski definition) is 4. The van der Waals surface area contributed by atoms with E-state index in [1.807, 2.05) is 37.3 Å². The van der Waals surface area contributed by atoms with Crippen LogP contribution in [0.4, 0.5) is 0 Å². The van der Waals surface area contributed by atoms with Gasteiger partial charge in [0.25, 0.3) is 0 Å². The first-order chi connectivity index (χ1) is 10.3. The van der Waals surface area contributed by atoms with Crippen molar-refractivity contribution >= 4 is 10.9 Å². The number of para-hydroxylation sites is 1.